The number of nitro benzene ring substituents is 1. The molecule has 2 rings (SSSR count). The molecule has 0 unspecified atom stereocenters. The number of nitro groups is 1. The summed E-state index contributed by atoms with van der Waals surface area (Å²) >= 11 is 0. The van der Waals surface area contributed by atoms with E-state index in [1.54, 1.807) is 32.9 Å². The number of aryl methyl sites for hydroxylation is 1. The Labute approximate surface area is 132 Å². The van der Waals surface area contributed by atoms with Crippen LogP contribution in [0.5, 0.6) is 0 Å². The van der Waals surface area contributed by atoms with Gasteiger partial charge in [-0.2, -0.15) is 0 Å². The molecule has 2 amide bonds. The monoisotopic (exact) mass is 319 g/mol. The number of carbonyl (C=O) groups is 2. The summed E-state index contributed by atoms with van der Waals surface area (Å²) in [5.41, 5.74) is 1.46. The zero-order chi connectivity index (χ0) is 17.1. The first-order valence-corrected chi connectivity index (χ1v) is 7.05. The molecule has 1 aromatic carbocycles. The van der Waals surface area contributed by atoms with Crippen LogP contribution in [0.15, 0.2) is 29.5 Å². The maximum Gasteiger partial charge on any atom is 0.338 e. The summed E-state index contributed by atoms with van der Waals surface area (Å²) in [7, 11) is 0. The molecule has 0 radical (unpaired) electrons. The van der Waals surface area contributed by atoms with Crippen LogP contribution in [0.25, 0.3) is 0 Å². The van der Waals surface area contributed by atoms with E-state index in [2.05, 4.69) is 10.6 Å². The molecule has 23 heavy (non-hydrogen) atoms. The van der Waals surface area contributed by atoms with Gasteiger partial charge in [0.2, 0.25) is 0 Å². The van der Waals surface area contributed by atoms with Gasteiger partial charge < -0.3 is 15.4 Å². The highest BCUT2D eigenvalue weighted by Crippen LogP contribution is 2.30. The highest BCUT2D eigenvalue weighted by Gasteiger charge is 2.33. The van der Waals surface area contributed by atoms with Crippen molar-refractivity contribution in [1.82, 2.24) is 10.6 Å². The van der Waals surface area contributed by atoms with Crippen molar-refractivity contribution in [2.45, 2.75) is 26.8 Å². The molecule has 0 bridgehead atoms. The number of hydrogen-bond donors (Lipinski definition) is 2. The first-order chi connectivity index (χ1) is 10.8. The molecule has 2 N–H and O–H groups in total. The quantitative estimate of drug-likeness (QED) is 0.501. The fraction of sp³-hybridized carbons (Fsp3) is 0.333. The van der Waals surface area contributed by atoms with Crippen LogP contribution < -0.4 is 10.6 Å². The van der Waals surface area contributed by atoms with Gasteiger partial charge in [-0.15, -0.1) is 0 Å². The third-order valence-corrected chi connectivity index (χ3v) is 3.53. The highest BCUT2D eigenvalue weighted by atomic mass is 16.6. The minimum atomic E-state index is -0.804. The molecule has 1 atom stereocenters. The third-order valence-electron chi connectivity index (χ3n) is 3.53. The predicted octanol–water partition coefficient (Wildman–Crippen LogP) is 2.09. The molecule has 8 nitrogen and oxygen atoms in total. The zero-order valence-electron chi connectivity index (χ0n) is 13.0. The maximum atomic E-state index is 12.2. The van der Waals surface area contributed by atoms with E-state index in [4.69, 9.17) is 4.74 Å². The van der Waals surface area contributed by atoms with Crippen molar-refractivity contribution in [2.75, 3.05) is 6.61 Å². The van der Waals surface area contributed by atoms with Crippen LogP contribution in [0.1, 0.15) is 31.0 Å². The van der Waals surface area contributed by atoms with Gasteiger partial charge in [0, 0.05) is 17.3 Å². The maximum absolute atomic E-state index is 12.2. The number of allylic oxidation sites excluding steroid dienone is 1. The number of ether oxygens (including phenoxy) is 1. The smallest absolute Gasteiger partial charge is 0.338 e. The van der Waals surface area contributed by atoms with Gasteiger partial charge in [0.1, 0.15) is 0 Å². The predicted molar refractivity (Wildman–Crippen MR) is 81.6 cm³/mol. The average molecular weight is 319 g/mol. The Kier molecular flexibility index (Phi) is 4.63. The van der Waals surface area contributed by atoms with Gasteiger partial charge in [0.15, 0.2) is 0 Å². The largest absolute Gasteiger partial charge is 0.463 e. The van der Waals surface area contributed by atoms with E-state index in [1.165, 1.54) is 6.07 Å². The molecule has 0 saturated heterocycles. The normalized spacial score (nSPS) is 17.3. The molecule has 1 heterocycles. The van der Waals surface area contributed by atoms with Crippen LogP contribution in [0.2, 0.25) is 0 Å². The Balaban J connectivity index is 2.52. The second kappa shape index (κ2) is 6.47. The van der Waals surface area contributed by atoms with Gasteiger partial charge in [-0.25, -0.2) is 9.59 Å². The van der Waals surface area contributed by atoms with Crippen LogP contribution in [-0.4, -0.2) is 23.5 Å². The molecule has 0 spiro atoms. The van der Waals surface area contributed by atoms with Crippen molar-refractivity contribution in [2.24, 2.45) is 0 Å². The van der Waals surface area contributed by atoms with Gasteiger partial charge in [0.05, 0.1) is 23.1 Å². The molecule has 0 fully saturated rings. The number of urea groups is 1. The van der Waals surface area contributed by atoms with E-state index in [9.17, 15) is 19.7 Å². The molecule has 122 valence electrons. The standard InChI is InChI=1S/C15H17N3O5/c1-4-23-14(19)12-9(3)16-15(20)17-13(12)10-6-5-8(2)11(7-10)18(21)22/h5-7,13H,4H2,1-3H3,(H2,16,17,20)/t13-/m0/s1. The fourth-order valence-electron chi connectivity index (χ4n) is 2.43. The summed E-state index contributed by atoms with van der Waals surface area (Å²) < 4.78 is 5.02. The number of esters is 1. The van der Waals surface area contributed by atoms with Crippen LogP contribution in [0, 0.1) is 17.0 Å². The van der Waals surface area contributed by atoms with Crippen molar-refractivity contribution < 1.29 is 19.2 Å². The van der Waals surface area contributed by atoms with Crippen molar-refractivity contribution in [3.63, 3.8) is 0 Å². The molecule has 0 saturated carbocycles. The number of rotatable bonds is 4. The number of nitrogens with zero attached hydrogens (tertiary/aromatic N) is 1. The van der Waals surface area contributed by atoms with Crippen molar-refractivity contribution in [3.05, 3.63) is 50.7 Å². The van der Waals surface area contributed by atoms with E-state index < -0.39 is 23.0 Å². The molecular formula is C15H17N3O5. The fourth-order valence-corrected chi connectivity index (χ4v) is 2.43. The van der Waals surface area contributed by atoms with Gasteiger partial charge in [-0.05, 0) is 26.3 Å². The topological polar surface area (TPSA) is 111 Å². The highest BCUT2D eigenvalue weighted by molar-refractivity contribution is 5.95. The molecule has 1 aliphatic rings. The van der Waals surface area contributed by atoms with Crippen LogP contribution in [0.4, 0.5) is 10.5 Å². The summed E-state index contributed by atoms with van der Waals surface area (Å²) in [5, 5.41) is 16.2. The lowest BCUT2D eigenvalue weighted by molar-refractivity contribution is -0.385. The first-order valence-electron chi connectivity index (χ1n) is 7.05. The number of hydrogen-bond acceptors (Lipinski definition) is 5. The number of amides is 2. The summed E-state index contributed by atoms with van der Waals surface area (Å²) in [6.07, 6.45) is 0. The molecule has 0 aromatic heterocycles. The van der Waals surface area contributed by atoms with Crippen LogP contribution >= 0.6 is 0 Å². The summed E-state index contributed by atoms with van der Waals surface area (Å²) in [6.45, 7) is 5.07. The lowest BCUT2D eigenvalue weighted by Crippen LogP contribution is -2.45. The Morgan fingerprint density at radius 3 is 2.70 bits per heavy atom. The SMILES string of the molecule is CCOC(=O)C1=C(C)NC(=O)N[C@H]1c1ccc(C)c([N+](=O)[O-])c1. The molecule has 0 aliphatic carbocycles. The van der Waals surface area contributed by atoms with Crippen molar-refractivity contribution >= 4 is 17.7 Å². The van der Waals surface area contributed by atoms with E-state index in [-0.39, 0.29) is 17.9 Å². The van der Waals surface area contributed by atoms with E-state index in [1.807, 2.05) is 0 Å². The van der Waals surface area contributed by atoms with Crippen molar-refractivity contribution in [3.8, 4) is 0 Å². The Hall–Kier alpha value is -2.90. The number of nitrogens with one attached hydrogen (secondary N) is 2. The molecule has 1 aromatic rings. The van der Waals surface area contributed by atoms with Gasteiger partial charge >= 0.3 is 12.0 Å². The lowest BCUT2D eigenvalue weighted by atomic mass is 9.94. The van der Waals surface area contributed by atoms with Gasteiger partial charge in [-0.1, -0.05) is 12.1 Å². The van der Waals surface area contributed by atoms with E-state index in [0.29, 0.717) is 16.8 Å². The zero-order valence-corrected chi connectivity index (χ0v) is 13.0. The third kappa shape index (κ3) is 3.31. The van der Waals surface area contributed by atoms with Crippen molar-refractivity contribution in [1.29, 1.82) is 0 Å². The van der Waals surface area contributed by atoms with Gasteiger partial charge in [0.25, 0.3) is 5.69 Å². The Bertz CT molecular complexity index is 711. The van der Waals surface area contributed by atoms with Crippen LogP contribution in [0.3, 0.4) is 0 Å². The minimum absolute atomic E-state index is 0.0730. The van der Waals surface area contributed by atoms with E-state index in [0.717, 1.165) is 0 Å². The second-order valence-electron chi connectivity index (χ2n) is 5.09. The van der Waals surface area contributed by atoms with E-state index >= 15 is 0 Å². The lowest BCUT2D eigenvalue weighted by Gasteiger charge is -2.28. The summed E-state index contributed by atoms with van der Waals surface area (Å²) in [4.78, 5) is 34.5. The number of carbonyl (C=O) groups excluding carboxylic acids is 2. The Morgan fingerprint density at radius 2 is 2.09 bits per heavy atom. The first kappa shape index (κ1) is 16.5. The summed E-state index contributed by atoms with van der Waals surface area (Å²) in [6, 6.07) is 3.30. The summed E-state index contributed by atoms with van der Waals surface area (Å²) in [5.74, 6) is -0.578. The van der Waals surface area contributed by atoms with Crippen LogP contribution in [-0.2, 0) is 9.53 Å². The minimum Gasteiger partial charge on any atom is -0.463 e. The Morgan fingerprint density at radius 1 is 1.39 bits per heavy atom. The number of benzene rings is 1. The second-order valence-corrected chi connectivity index (χ2v) is 5.09. The molecule has 8 heteroatoms. The molecular weight excluding hydrogens is 302 g/mol. The molecule has 1 aliphatic heterocycles. The average Bonchev–Trinajstić information content (AvgIpc) is 2.46. The van der Waals surface area contributed by atoms with Gasteiger partial charge in [-0.3, -0.25) is 10.1 Å².